The second-order valence-electron chi connectivity index (χ2n) is 6.04. The normalized spacial score (nSPS) is 11.6. The minimum absolute atomic E-state index is 0.0342. The van der Waals surface area contributed by atoms with Crippen molar-refractivity contribution in [2.75, 3.05) is 5.32 Å². The molecule has 1 amide bonds. The average molecular weight is 306 g/mol. The summed E-state index contributed by atoms with van der Waals surface area (Å²) in [7, 11) is 1.65. The molecule has 0 fully saturated rings. The number of halogens is 1. The molecule has 0 aliphatic carbocycles. The summed E-state index contributed by atoms with van der Waals surface area (Å²) < 4.78 is 15.4. The van der Waals surface area contributed by atoms with Gasteiger partial charge in [0.25, 0.3) is 0 Å². The number of rotatable bonds is 5. The van der Waals surface area contributed by atoms with Crippen LogP contribution in [0.5, 0.6) is 0 Å². The third-order valence-corrected chi connectivity index (χ3v) is 3.35. The van der Waals surface area contributed by atoms with Gasteiger partial charge in [0.15, 0.2) is 5.82 Å². The molecule has 2 aromatic rings. The number of anilines is 1. The highest BCUT2D eigenvalue weighted by Crippen LogP contribution is 2.28. The first-order valence-corrected chi connectivity index (χ1v) is 6.80. The van der Waals surface area contributed by atoms with Crippen LogP contribution >= 0.6 is 0 Å². The summed E-state index contributed by atoms with van der Waals surface area (Å²) in [6.07, 6.45) is -0.273. The number of benzene rings is 1. The third kappa shape index (κ3) is 3.41. The number of carbonyl (C=O) groups excluding carboxylic acids is 2. The first-order valence-electron chi connectivity index (χ1n) is 6.80. The second-order valence-corrected chi connectivity index (χ2v) is 6.04. The van der Waals surface area contributed by atoms with Crippen molar-refractivity contribution in [1.29, 1.82) is 0 Å². The Balaban J connectivity index is 2.21. The van der Waals surface area contributed by atoms with E-state index in [1.165, 1.54) is 10.7 Å². The van der Waals surface area contributed by atoms with Gasteiger partial charge in [-0.1, -0.05) is 19.9 Å². The summed E-state index contributed by atoms with van der Waals surface area (Å²) in [6.45, 7) is 3.30. The summed E-state index contributed by atoms with van der Waals surface area (Å²) in [5.74, 6) is -1.98. The predicted molar refractivity (Wildman–Crippen MR) is 77.3 cm³/mol. The minimum Gasteiger partial charge on any atom is -0.550 e. The molecule has 118 valence electrons. The number of aryl methyl sites for hydroxylation is 1. The summed E-state index contributed by atoms with van der Waals surface area (Å²) in [5, 5.41) is 17.6. The Kier molecular flexibility index (Phi) is 4.16. The molecular weight excluding hydrogens is 289 g/mol. The number of aliphatic carboxylic acids is 1. The number of carboxylic acid groups (broad SMARTS) is 1. The summed E-state index contributed by atoms with van der Waals surface area (Å²) in [5.41, 5.74) is -0.198. The van der Waals surface area contributed by atoms with Gasteiger partial charge < -0.3 is 15.2 Å². The molecule has 2 rings (SSSR count). The first-order chi connectivity index (χ1) is 10.2. The standard InChI is InChI=1S/C15H18FN3O3/c1-15(2,8-12(21)22)7-11(20)17-14-13-9(16)5-4-6-10(13)19(3)18-14/h4-6H,7-8H2,1-3H3,(H,21,22)(H,17,18,20)/p-1. The van der Waals surface area contributed by atoms with E-state index in [1.807, 2.05) is 0 Å². The lowest BCUT2D eigenvalue weighted by Gasteiger charge is -2.23. The molecule has 0 aliphatic rings. The van der Waals surface area contributed by atoms with E-state index in [1.54, 1.807) is 33.0 Å². The summed E-state index contributed by atoms with van der Waals surface area (Å²) in [4.78, 5) is 22.7. The van der Waals surface area contributed by atoms with Crippen molar-refractivity contribution in [1.82, 2.24) is 9.78 Å². The smallest absolute Gasteiger partial charge is 0.226 e. The van der Waals surface area contributed by atoms with Gasteiger partial charge in [0.2, 0.25) is 5.91 Å². The van der Waals surface area contributed by atoms with Gasteiger partial charge in [-0.3, -0.25) is 9.48 Å². The maximum absolute atomic E-state index is 13.9. The zero-order valence-electron chi connectivity index (χ0n) is 12.6. The molecule has 0 atom stereocenters. The molecule has 0 radical (unpaired) electrons. The van der Waals surface area contributed by atoms with Gasteiger partial charge >= 0.3 is 0 Å². The Bertz CT molecular complexity index is 737. The molecule has 6 nitrogen and oxygen atoms in total. The van der Waals surface area contributed by atoms with Crippen LogP contribution in [0.2, 0.25) is 0 Å². The van der Waals surface area contributed by atoms with Gasteiger partial charge in [0.05, 0.1) is 10.9 Å². The molecule has 7 heteroatoms. The molecule has 0 saturated carbocycles. The van der Waals surface area contributed by atoms with E-state index >= 15 is 0 Å². The van der Waals surface area contributed by atoms with Crippen LogP contribution in [0, 0.1) is 11.2 Å². The van der Waals surface area contributed by atoms with Gasteiger partial charge in [-0.25, -0.2) is 4.39 Å². The maximum Gasteiger partial charge on any atom is 0.226 e. The predicted octanol–water partition coefficient (Wildman–Crippen LogP) is 1.21. The van der Waals surface area contributed by atoms with Crippen molar-refractivity contribution < 1.29 is 19.1 Å². The fourth-order valence-electron chi connectivity index (χ4n) is 2.42. The highest BCUT2D eigenvalue weighted by Gasteiger charge is 2.24. The molecule has 1 aromatic heterocycles. The zero-order valence-corrected chi connectivity index (χ0v) is 12.6. The van der Waals surface area contributed by atoms with Gasteiger partial charge in [-0.15, -0.1) is 0 Å². The quantitative estimate of drug-likeness (QED) is 0.899. The van der Waals surface area contributed by atoms with Crippen LogP contribution in [-0.2, 0) is 16.6 Å². The molecule has 0 unspecified atom stereocenters. The van der Waals surface area contributed by atoms with Crippen LogP contribution in [0.4, 0.5) is 10.2 Å². The highest BCUT2D eigenvalue weighted by molar-refractivity contribution is 6.00. The Morgan fingerprint density at radius 3 is 2.68 bits per heavy atom. The number of carboxylic acids is 1. The number of aromatic nitrogens is 2. The number of hydrogen-bond acceptors (Lipinski definition) is 4. The van der Waals surface area contributed by atoms with E-state index in [0.717, 1.165) is 0 Å². The fraction of sp³-hybridized carbons (Fsp3) is 0.400. The van der Waals surface area contributed by atoms with Crippen molar-refractivity contribution in [3.63, 3.8) is 0 Å². The Labute approximate surface area is 126 Å². The van der Waals surface area contributed by atoms with Gasteiger partial charge in [-0.2, -0.15) is 5.10 Å². The Morgan fingerprint density at radius 1 is 1.36 bits per heavy atom. The highest BCUT2D eigenvalue weighted by atomic mass is 19.1. The monoisotopic (exact) mass is 306 g/mol. The van der Waals surface area contributed by atoms with Crippen LogP contribution < -0.4 is 10.4 Å². The Hall–Kier alpha value is -2.44. The number of amides is 1. The van der Waals surface area contributed by atoms with E-state index in [-0.39, 0.29) is 24.0 Å². The molecule has 1 heterocycles. The van der Waals surface area contributed by atoms with Crippen molar-refractivity contribution in [2.45, 2.75) is 26.7 Å². The van der Waals surface area contributed by atoms with E-state index in [2.05, 4.69) is 10.4 Å². The summed E-state index contributed by atoms with van der Waals surface area (Å²) >= 11 is 0. The van der Waals surface area contributed by atoms with Crippen LogP contribution in [0.3, 0.4) is 0 Å². The SMILES string of the molecule is Cn1nc(NC(=O)CC(C)(C)CC(=O)[O-])c2c(F)cccc21. The zero-order chi connectivity index (χ0) is 16.5. The van der Waals surface area contributed by atoms with E-state index in [9.17, 15) is 19.1 Å². The second kappa shape index (κ2) is 5.75. The van der Waals surface area contributed by atoms with Crippen molar-refractivity contribution in [3.05, 3.63) is 24.0 Å². The molecule has 22 heavy (non-hydrogen) atoms. The van der Waals surface area contributed by atoms with Crippen molar-refractivity contribution in [2.24, 2.45) is 12.5 Å². The number of carbonyl (C=O) groups is 2. The number of hydrogen-bond donors (Lipinski definition) is 1. The number of fused-ring (bicyclic) bond motifs is 1. The molecule has 1 aromatic carbocycles. The molecule has 0 aliphatic heterocycles. The maximum atomic E-state index is 13.9. The van der Waals surface area contributed by atoms with E-state index in [0.29, 0.717) is 5.52 Å². The number of nitrogens with one attached hydrogen (secondary N) is 1. The van der Waals surface area contributed by atoms with Gasteiger partial charge in [0.1, 0.15) is 5.82 Å². The lowest BCUT2D eigenvalue weighted by molar-refractivity contribution is -0.307. The topological polar surface area (TPSA) is 87.0 Å². The molecule has 0 bridgehead atoms. The van der Waals surface area contributed by atoms with Crippen molar-refractivity contribution >= 4 is 28.6 Å². The van der Waals surface area contributed by atoms with Gasteiger partial charge in [-0.05, 0) is 24.0 Å². The Morgan fingerprint density at radius 2 is 2.05 bits per heavy atom. The average Bonchev–Trinajstić information content (AvgIpc) is 2.64. The molecular formula is C15H17FN3O3-. The van der Waals surface area contributed by atoms with Gasteiger partial charge in [0, 0.05) is 19.4 Å². The number of nitrogens with zero attached hydrogens (tertiary/aromatic N) is 2. The third-order valence-electron chi connectivity index (χ3n) is 3.35. The van der Waals surface area contributed by atoms with Crippen LogP contribution in [0.15, 0.2) is 18.2 Å². The molecule has 0 saturated heterocycles. The minimum atomic E-state index is -1.22. The summed E-state index contributed by atoms with van der Waals surface area (Å²) in [6, 6.07) is 4.55. The van der Waals surface area contributed by atoms with Crippen LogP contribution in [0.1, 0.15) is 26.7 Å². The van der Waals surface area contributed by atoms with Crippen LogP contribution in [-0.4, -0.2) is 21.7 Å². The van der Waals surface area contributed by atoms with E-state index < -0.39 is 23.1 Å². The molecule has 0 spiro atoms. The van der Waals surface area contributed by atoms with Crippen LogP contribution in [0.25, 0.3) is 10.9 Å². The first kappa shape index (κ1) is 15.9. The lowest BCUT2D eigenvalue weighted by atomic mass is 9.85. The lowest BCUT2D eigenvalue weighted by Crippen LogP contribution is -2.31. The van der Waals surface area contributed by atoms with Crippen molar-refractivity contribution in [3.8, 4) is 0 Å². The fourth-order valence-corrected chi connectivity index (χ4v) is 2.42. The van der Waals surface area contributed by atoms with E-state index in [4.69, 9.17) is 0 Å². The largest absolute Gasteiger partial charge is 0.550 e. The molecule has 1 N–H and O–H groups in total.